The fourth-order valence-corrected chi connectivity index (χ4v) is 2.93. The third-order valence-electron chi connectivity index (χ3n) is 4.59. The van der Waals surface area contributed by atoms with Gasteiger partial charge in [-0.05, 0) is 44.3 Å². The third kappa shape index (κ3) is 3.78. The third-order valence-corrected chi connectivity index (χ3v) is 4.59. The second-order valence-corrected chi connectivity index (χ2v) is 6.28. The van der Waals surface area contributed by atoms with Gasteiger partial charge < -0.3 is 9.64 Å². The molecule has 0 radical (unpaired) electrons. The minimum Gasteiger partial charge on any atom is -0.475 e. The Bertz CT molecular complexity index is 880. The Morgan fingerprint density at radius 3 is 2.46 bits per heavy atom. The van der Waals surface area contributed by atoms with E-state index in [2.05, 4.69) is 23.8 Å². The van der Waals surface area contributed by atoms with Crippen LogP contribution < -0.4 is 4.74 Å². The number of para-hydroxylation sites is 1. The molecule has 0 aliphatic rings. The summed E-state index contributed by atoms with van der Waals surface area (Å²) < 4.78 is 7.35. The van der Waals surface area contributed by atoms with Crippen molar-refractivity contribution in [1.82, 2.24) is 14.7 Å². The SMILES string of the molecule is CCN(CC)CCOc1nn(C(=O)c2ccc(C)cc2)c2ccccc12. The van der Waals surface area contributed by atoms with Crippen molar-refractivity contribution in [1.29, 1.82) is 0 Å². The molecule has 26 heavy (non-hydrogen) atoms. The highest BCUT2D eigenvalue weighted by Gasteiger charge is 2.17. The number of likely N-dealkylation sites (N-methyl/N-ethyl adjacent to an activating group) is 1. The zero-order valence-corrected chi connectivity index (χ0v) is 15.6. The van der Waals surface area contributed by atoms with Gasteiger partial charge in [0.25, 0.3) is 5.91 Å². The first-order valence-electron chi connectivity index (χ1n) is 9.08. The Hall–Kier alpha value is -2.66. The maximum absolute atomic E-state index is 12.9. The molecule has 136 valence electrons. The van der Waals surface area contributed by atoms with Crippen LogP contribution in [0.15, 0.2) is 48.5 Å². The minimum absolute atomic E-state index is 0.153. The van der Waals surface area contributed by atoms with Crippen LogP contribution in [0.4, 0.5) is 0 Å². The van der Waals surface area contributed by atoms with E-state index in [1.54, 1.807) is 0 Å². The van der Waals surface area contributed by atoms with Crippen LogP contribution in [0.1, 0.15) is 29.8 Å². The number of benzene rings is 2. The summed E-state index contributed by atoms with van der Waals surface area (Å²) in [6, 6.07) is 15.2. The number of carbonyl (C=O) groups excluding carboxylic acids is 1. The maximum atomic E-state index is 12.9. The van der Waals surface area contributed by atoms with E-state index in [-0.39, 0.29) is 5.91 Å². The zero-order chi connectivity index (χ0) is 18.5. The van der Waals surface area contributed by atoms with E-state index in [0.717, 1.165) is 36.1 Å². The standard InChI is InChI=1S/C21H25N3O2/c1-4-23(5-2)14-15-26-20-18-8-6-7-9-19(18)24(22-20)21(25)17-12-10-16(3)11-13-17/h6-13H,4-5,14-15H2,1-3H3. The monoisotopic (exact) mass is 351 g/mol. The molecule has 5 nitrogen and oxygen atoms in total. The summed E-state index contributed by atoms with van der Waals surface area (Å²) >= 11 is 0. The molecule has 0 fully saturated rings. The Labute approximate surface area is 154 Å². The van der Waals surface area contributed by atoms with E-state index < -0.39 is 0 Å². The van der Waals surface area contributed by atoms with Gasteiger partial charge in [0.05, 0.1) is 10.9 Å². The number of carbonyl (C=O) groups is 1. The number of rotatable bonds is 7. The normalized spacial score (nSPS) is 11.2. The fourth-order valence-electron chi connectivity index (χ4n) is 2.93. The first kappa shape index (κ1) is 18.1. The summed E-state index contributed by atoms with van der Waals surface area (Å²) in [7, 11) is 0. The summed E-state index contributed by atoms with van der Waals surface area (Å²) in [5.74, 6) is 0.355. The van der Waals surface area contributed by atoms with Gasteiger partial charge in [-0.25, -0.2) is 0 Å². The lowest BCUT2D eigenvalue weighted by Crippen LogP contribution is -2.28. The number of hydrogen-bond donors (Lipinski definition) is 0. The number of nitrogens with zero attached hydrogens (tertiary/aromatic N) is 3. The van der Waals surface area contributed by atoms with E-state index >= 15 is 0 Å². The van der Waals surface area contributed by atoms with E-state index in [1.807, 2.05) is 55.5 Å². The Kier molecular flexibility index (Phi) is 5.68. The summed E-state index contributed by atoms with van der Waals surface area (Å²) in [5, 5.41) is 5.32. The van der Waals surface area contributed by atoms with Gasteiger partial charge in [0.15, 0.2) is 0 Å². The van der Waals surface area contributed by atoms with Crippen LogP contribution in [0.25, 0.3) is 10.9 Å². The summed E-state index contributed by atoms with van der Waals surface area (Å²) in [6.45, 7) is 9.62. The number of aryl methyl sites for hydroxylation is 1. The molecule has 0 aliphatic heterocycles. The van der Waals surface area contributed by atoms with Crippen molar-refractivity contribution in [3.05, 3.63) is 59.7 Å². The molecule has 3 aromatic rings. The van der Waals surface area contributed by atoms with E-state index in [0.29, 0.717) is 18.1 Å². The molecule has 0 unspecified atom stereocenters. The number of ether oxygens (including phenoxy) is 1. The zero-order valence-electron chi connectivity index (χ0n) is 15.6. The van der Waals surface area contributed by atoms with Crippen molar-refractivity contribution >= 4 is 16.8 Å². The topological polar surface area (TPSA) is 47.4 Å². The van der Waals surface area contributed by atoms with E-state index in [9.17, 15) is 4.79 Å². The predicted octanol–water partition coefficient (Wildman–Crippen LogP) is 3.75. The molecular weight excluding hydrogens is 326 g/mol. The molecule has 5 heteroatoms. The Morgan fingerprint density at radius 2 is 1.77 bits per heavy atom. The average molecular weight is 351 g/mol. The molecule has 2 aromatic carbocycles. The van der Waals surface area contributed by atoms with Crippen molar-refractivity contribution in [3.63, 3.8) is 0 Å². The summed E-state index contributed by atoms with van der Waals surface area (Å²) in [4.78, 5) is 15.2. The van der Waals surface area contributed by atoms with Crippen molar-refractivity contribution < 1.29 is 9.53 Å². The van der Waals surface area contributed by atoms with Crippen LogP contribution in [0, 0.1) is 6.92 Å². The highest BCUT2D eigenvalue weighted by atomic mass is 16.5. The highest BCUT2D eigenvalue weighted by Crippen LogP contribution is 2.25. The molecule has 0 spiro atoms. The van der Waals surface area contributed by atoms with Crippen molar-refractivity contribution in [3.8, 4) is 5.88 Å². The van der Waals surface area contributed by atoms with Crippen molar-refractivity contribution in [2.24, 2.45) is 0 Å². The van der Waals surface area contributed by atoms with Gasteiger partial charge in [-0.2, -0.15) is 4.68 Å². The molecule has 3 rings (SSSR count). The fraction of sp³-hybridized carbons (Fsp3) is 0.333. The van der Waals surface area contributed by atoms with Gasteiger partial charge in [0.1, 0.15) is 6.61 Å². The minimum atomic E-state index is -0.153. The molecule has 1 aromatic heterocycles. The lowest BCUT2D eigenvalue weighted by atomic mass is 10.1. The van der Waals surface area contributed by atoms with Crippen LogP contribution in [-0.4, -0.2) is 46.8 Å². The maximum Gasteiger partial charge on any atom is 0.278 e. The van der Waals surface area contributed by atoms with Gasteiger partial charge >= 0.3 is 0 Å². The number of hydrogen-bond acceptors (Lipinski definition) is 4. The smallest absolute Gasteiger partial charge is 0.278 e. The number of fused-ring (bicyclic) bond motifs is 1. The van der Waals surface area contributed by atoms with Crippen molar-refractivity contribution in [2.45, 2.75) is 20.8 Å². The molecular formula is C21H25N3O2. The molecule has 0 atom stereocenters. The molecule has 0 saturated heterocycles. The quantitative estimate of drug-likeness (QED) is 0.650. The van der Waals surface area contributed by atoms with Crippen LogP contribution in [0.2, 0.25) is 0 Å². The molecule has 0 aliphatic carbocycles. The Balaban J connectivity index is 1.87. The van der Waals surface area contributed by atoms with Crippen LogP contribution >= 0.6 is 0 Å². The highest BCUT2D eigenvalue weighted by molar-refractivity contribution is 6.02. The lowest BCUT2D eigenvalue weighted by molar-refractivity contribution is 0.0947. The van der Waals surface area contributed by atoms with Gasteiger partial charge in [-0.1, -0.05) is 43.7 Å². The van der Waals surface area contributed by atoms with E-state index in [1.165, 1.54) is 4.68 Å². The van der Waals surface area contributed by atoms with Crippen molar-refractivity contribution in [2.75, 3.05) is 26.2 Å². The second kappa shape index (κ2) is 8.15. The Morgan fingerprint density at radius 1 is 1.08 bits per heavy atom. The molecule has 1 heterocycles. The van der Waals surface area contributed by atoms with Gasteiger partial charge in [0, 0.05) is 12.1 Å². The molecule has 0 saturated carbocycles. The van der Waals surface area contributed by atoms with Crippen LogP contribution in [0.3, 0.4) is 0 Å². The van der Waals surface area contributed by atoms with Crippen LogP contribution in [-0.2, 0) is 0 Å². The lowest BCUT2D eigenvalue weighted by Gasteiger charge is -2.17. The van der Waals surface area contributed by atoms with Gasteiger partial charge in [-0.15, -0.1) is 5.10 Å². The summed E-state index contributed by atoms with van der Waals surface area (Å²) in [5.41, 5.74) is 2.49. The van der Waals surface area contributed by atoms with Crippen LogP contribution in [0.5, 0.6) is 5.88 Å². The van der Waals surface area contributed by atoms with Gasteiger partial charge in [0.2, 0.25) is 5.88 Å². The first-order valence-corrected chi connectivity index (χ1v) is 9.08. The second-order valence-electron chi connectivity index (χ2n) is 6.28. The molecule has 0 bridgehead atoms. The van der Waals surface area contributed by atoms with E-state index in [4.69, 9.17) is 4.74 Å². The predicted molar refractivity (Wildman–Crippen MR) is 104 cm³/mol. The molecule has 0 amide bonds. The largest absolute Gasteiger partial charge is 0.475 e. The molecule has 0 N–H and O–H groups in total. The first-order chi connectivity index (χ1) is 12.6. The number of aromatic nitrogens is 2. The summed E-state index contributed by atoms with van der Waals surface area (Å²) in [6.07, 6.45) is 0. The average Bonchev–Trinajstić information content (AvgIpc) is 3.04. The van der Waals surface area contributed by atoms with Gasteiger partial charge in [-0.3, -0.25) is 4.79 Å².